The van der Waals surface area contributed by atoms with E-state index in [1.54, 1.807) is 0 Å². The Morgan fingerprint density at radius 1 is 1.26 bits per heavy atom. The number of likely N-dealkylation sites (tertiary alicyclic amines) is 1. The lowest BCUT2D eigenvalue weighted by Crippen LogP contribution is -2.32. The molecule has 1 aliphatic rings. The Balaban J connectivity index is 1.71. The molecule has 5 nitrogen and oxygen atoms in total. The maximum Gasteiger partial charge on any atom is 0.411 e. The number of unbranched alkanes of at least 4 members (excludes halogenated alkanes) is 1. The zero-order chi connectivity index (χ0) is 16.5. The van der Waals surface area contributed by atoms with Crippen molar-refractivity contribution < 1.29 is 14.3 Å². The first-order chi connectivity index (χ1) is 11.2. The lowest BCUT2D eigenvalue weighted by atomic mass is 10.3. The van der Waals surface area contributed by atoms with Crippen LogP contribution in [0.15, 0.2) is 24.3 Å². The summed E-state index contributed by atoms with van der Waals surface area (Å²) in [5.74, 6) is 0.819. The fourth-order valence-corrected chi connectivity index (χ4v) is 2.66. The molecule has 1 heterocycles. The first-order valence-electron chi connectivity index (χ1n) is 8.60. The number of benzene rings is 1. The molecule has 0 bridgehead atoms. The lowest BCUT2D eigenvalue weighted by Gasteiger charge is -2.20. The SMILES string of the molecule is CCCCOc1ccc(NC(=O)OC(C)CN2CCCC2)cc1. The highest BCUT2D eigenvalue weighted by molar-refractivity contribution is 5.84. The Labute approximate surface area is 139 Å². The van der Waals surface area contributed by atoms with E-state index >= 15 is 0 Å². The van der Waals surface area contributed by atoms with E-state index in [1.165, 1.54) is 12.8 Å². The predicted molar refractivity (Wildman–Crippen MR) is 92.1 cm³/mol. The second-order valence-corrected chi connectivity index (χ2v) is 6.08. The Bertz CT molecular complexity index is 470. The van der Waals surface area contributed by atoms with Crippen molar-refractivity contribution in [3.8, 4) is 5.75 Å². The molecule has 0 aromatic heterocycles. The molecule has 0 aliphatic carbocycles. The molecule has 1 unspecified atom stereocenters. The van der Waals surface area contributed by atoms with E-state index in [0.29, 0.717) is 5.69 Å². The molecule has 0 saturated carbocycles. The van der Waals surface area contributed by atoms with Gasteiger partial charge in [-0.3, -0.25) is 10.2 Å². The predicted octanol–water partition coefficient (Wildman–Crippen LogP) is 3.90. The number of anilines is 1. The topological polar surface area (TPSA) is 50.8 Å². The molecule has 2 rings (SSSR count). The fraction of sp³-hybridized carbons (Fsp3) is 0.611. The van der Waals surface area contributed by atoms with Crippen molar-refractivity contribution in [2.45, 2.75) is 45.6 Å². The minimum Gasteiger partial charge on any atom is -0.494 e. The summed E-state index contributed by atoms with van der Waals surface area (Å²) in [5.41, 5.74) is 0.714. The zero-order valence-corrected chi connectivity index (χ0v) is 14.2. The summed E-state index contributed by atoms with van der Waals surface area (Å²) >= 11 is 0. The zero-order valence-electron chi connectivity index (χ0n) is 14.2. The highest BCUT2D eigenvalue weighted by Crippen LogP contribution is 2.16. The summed E-state index contributed by atoms with van der Waals surface area (Å²) in [6.07, 6.45) is 4.13. The molecule has 1 aromatic carbocycles. The second-order valence-electron chi connectivity index (χ2n) is 6.08. The molecule has 1 amide bonds. The van der Waals surface area contributed by atoms with Crippen LogP contribution in [0.1, 0.15) is 39.5 Å². The molecule has 128 valence electrons. The summed E-state index contributed by atoms with van der Waals surface area (Å²) in [7, 11) is 0. The van der Waals surface area contributed by atoms with Crippen LogP contribution in [0.3, 0.4) is 0 Å². The van der Waals surface area contributed by atoms with E-state index < -0.39 is 6.09 Å². The summed E-state index contributed by atoms with van der Waals surface area (Å²) in [5, 5.41) is 2.76. The van der Waals surface area contributed by atoms with Crippen LogP contribution in [-0.4, -0.2) is 43.3 Å². The third kappa shape index (κ3) is 6.48. The van der Waals surface area contributed by atoms with Gasteiger partial charge in [0.25, 0.3) is 0 Å². The Kier molecular flexibility index (Phi) is 7.20. The van der Waals surface area contributed by atoms with Crippen LogP contribution in [0.5, 0.6) is 5.75 Å². The number of hydrogen-bond acceptors (Lipinski definition) is 4. The molecule has 0 spiro atoms. The molecular weight excluding hydrogens is 292 g/mol. The van der Waals surface area contributed by atoms with Gasteiger partial charge in [0.1, 0.15) is 11.9 Å². The van der Waals surface area contributed by atoms with Crippen molar-refractivity contribution >= 4 is 11.8 Å². The normalized spacial score (nSPS) is 16.1. The van der Waals surface area contributed by atoms with Gasteiger partial charge in [0, 0.05) is 12.2 Å². The van der Waals surface area contributed by atoms with Gasteiger partial charge in [-0.15, -0.1) is 0 Å². The van der Waals surface area contributed by atoms with Crippen LogP contribution >= 0.6 is 0 Å². The van der Waals surface area contributed by atoms with Gasteiger partial charge < -0.3 is 9.47 Å². The van der Waals surface area contributed by atoms with E-state index in [1.807, 2.05) is 31.2 Å². The van der Waals surface area contributed by atoms with E-state index in [0.717, 1.165) is 44.8 Å². The summed E-state index contributed by atoms with van der Waals surface area (Å²) < 4.78 is 11.0. The van der Waals surface area contributed by atoms with Crippen molar-refractivity contribution in [3.63, 3.8) is 0 Å². The summed E-state index contributed by atoms with van der Waals surface area (Å²) in [6, 6.07) is 7.37. The summed E-state index contributed by atoms with van der Waals surface area (Å²) in [6.45, 7) is 7.80. The van der Waals surface area contributed by atoms with E-state index in [-0.39, 0.29) is 6.10 Å². The van der Waals surface area contributed by atoms with Crippen molar-refractivity contribution in [2.75, 3.05) is 31.6 Å². The number of rotatable bonds is 8. The Morgan fingerprint density at radius 2 is 1.96 bits per heavy atom. The maximum absolute atomic E-state index is 11.9. The molecule has 1 atom stereocenters. The molecule has 1 aliphatic heterocycles. The molecule has 1 aromatic rings. The quantitative estimate of drug-likeness (QED) is 0.738. The van der Waals surface area contributed by atoms with Gasteiger partial charge in [-0.2, -0.15) is 0 Å². The minimum atomic E-state index is -0.406. The van der Waals surface area contributed by atoms with Crippen LogP contribution in [0.2, 0.25) is 0 Å². The van der Waals surface area contributed by atoms with E-state index in [4.69, 9.17) is 9.47 Å². The highest BCUT2D eigenvalue weighted by Gasteiger charge is 2.17. The molecular formula is C18H28N2O3. The van der Waals surface area contributed by atoms with Gasteiger partial charge in [0.15, 0.2) is 0 Å². The average molecular weight is 320 g/mol. The van der Waals surface area contributed by atoms with Gasteiger partial charge in [0.05, 0.1) is 6.61 Å². The third-order valence-corrected chi connectivity index (χ3v) is 3.89. The minimum absolute atomic E-state index is 0.107. The van der Waals surface area contributed by atoms with Crippen LogP contribution in [-0.2, 0) is 4.74 Å². The van der Waals surface area contributed by atoms with Crippen molar-refractivity contribution in [3.05, 3.63) is 24.3 Å². The molecule has 0 radical (unpaired) electrons. The molecule has 23 heavy (non-hydrogen) atoms. The second kappa shape index (κ2) is 9.40. The Hall–Kier alpha value is -1.75. The number of amides is 1. The molecule has 1 saturated heterocycles. The van der Waals surface area contributed by atoms with Crippen LogP contribution in [0.25, 0.3) is 0 Å². The number of hydrogen-bond donors (Lipinski definition) is 1. The van der Waals surface area contributed by atoms with Crippen LogP contribution in [0.4, 0.5) is 10.5 Å². The van der Waals surface area contributed by atoms with Crippen molar-refractivity contribution in [2.24, 2.45) is 0 Å². The lowest BCUT2D eigenvalue weighted by molar-refractivity contribution is 0.0967. The fourth-order valence-electron chi connectivity index (χ4n) is 2.66. The number of carbonyl (C=O) groups is 1. The summed E-state index contributed by atoms with van der Waals surface area (Å²) in [4.78, 5) is 14.2. The Morgan fingerprint density at radius 3 is 2.61 bits per heavy atom. The van der Waals surface area contributed by atoms with Gasteiger partial charge in [-0.25, -0.2) is 4.79 Å². The maximum atomic E-state index is 11.9. The van der Waals surface area contributed by atoms with Gasteiger partial charge in [-0.05, 0) is 63.5 Å². The largest absolute Gasteiger partial charge is 0.494 e. The van der Waals surface area contributed by atoms with Gasteiger partial charge in [0.2, 0.25) is 0 Å². The van der Waals surface area contributed by atoms with Crippen molar-refractivity contribution in [1.82, 2.24) is 4.90 Å². The number of nitrogens with zero attached hydrogens (tertiary/aromatic N) is 1. The molecule has 1 fully saturated rings. The van der Waals surface area contributed by atoms with Gasteiger partial charge in [-0.1, -0.05) is 13.3 Å². The standard InChI is InChI=1S/C18H28N2O3/c1-3-4-13-22-17-9-7-16(8-10-17)19-18(21)23-15(2)14-20-11-5-6-12-20/h7-10,15H,3-6,11-14H2,1-2H3,(H,19,21). The highest BCUT2D eigenvalue weighted by atomic mass is 16.6. The first kappa shape index (κ1) is 17.6. The van der Waals surface area contributed by atoms with Crippen LogP contribution < -0.4 is 10.1 Å². The van der Waals surface area contributed by atoms with Gasteiger partial charge >= 0.3 is 6.09 Å². The first-order valence-corrected chi connectivity index (χ1v) is 8.60. The van der Waals surface area contributed by atoms with Crippen molar-refractivity contribution in [1.29, 1.82) is 0 Å². The monoisotopic (exact) mass is 320 g/mol. The van der Waals surface area contributed by atoms with E-state index in [2.05, 4.69) is 17.1 Å². The smallest absolute Gasteiger partial charge is 0.411 e. The van der Waals surface area contributed by atoms with Crippen LogP contribution in [0, 0.1) is 0 Å². The number of carbonyl (C=O) groups excluding carboxylic acids is 1. The average Bonchev–Trinajstić information content (AvgIpc) is 3.02. The number of nitrogens with one attached hydrogen (secondary N) is 1. The van der Waals surface area contributed by atoms with E-state index in [9.17, 15) is 4.79 Å². The third-order valence-electron chi connectivity index (χ3n) is 3.89. The number of ether oxygens (including phenoxy) is 2. The molecule has 5 heteroatoms. The molecule has 1 N–H and O–H groups in total.